The number of nitrogens with two attached hydrogens (primary N) is 1. The third kappa shape index (κ3) is 4.09. The summed E-state index contributed by atoms with van der Waals surface area (Å²) in [5.74, 6) is -7.56. The molecule has 0 aromatic heterocycles. The van der Waals surface area contributed by atoms with E-state index in [-0.39, 0.29) is 35.6 Å². The van der Waals surface area contributed by atoms with Crippen LogP contribution in [0.1, 0.15) is 35.2 Å². The Hall–Kier alpha value is -3.94. The molecule has 13 nitrogen and oxygen atoms in total. The number of aliphatic hydroxyl groups is 3. The zero-order chi connectivity index (χ0) is 31.0. The first-order valence-corrected chi connectivity index (χ1v) is 13.8. The van der Waals surface area contributed by atoms with Crippen molar-refractivity contribution < 1.29 is 39.6 Å². The van der Waals surface area contributed by atoms with Gasteiger partial charge in [0, 0.05) is 31.3 Å². The van der Waals surface area contributed by atoms with Gasteiger partial charge in [0.05, 0.1) is 23.3 Å². The van der Waals surface area contributed by atoms with Crippen LogP contribution in [0.5, 0.6) is 5.75 Å². The van der Waals surface area contributed by atoms with E-state index in [2.05, 4.69) is 5.32 Å². The fourth-order valence-corrected chi connectivity index (χ4v) is 7.25. The van der Waals surface area contributed by atoms with Crippen molar-refractivity contribution in [3.8, 4) is 5.75 Å². The number of anilines is 2. The quantitative estimate of drug-likeness (QED) is 0.205. The first kappa shape index (κ1) is 29.5. The number of phenols is 1. The molecular formula is C29H37N5O8. The number of hydrogen-bond donors (Lipinski definition) is 6. The molecule has 13 heteroatoms. The van der Waals surface area contributed by atoms with E-state index in [1.54, 1.807) is 39.2 Å². The van der Waals surface area contributed by atoms with Gasteiger partial charge in [-0.3, -0.25) is 29.0 Å². The Balaban J connectivity index is 1.66. The molecule has 4 aliphatic rings. The van der Waals surface area contributed by atoms with E-state index in [4.69, 9.17) is 5.73 Å². The molecule has 1 aromatic carbocycles. The van der Waals surface area contributed by atoms with Crippen molar-refractivity contribution in [1.29, 1.82) is 0 Å². The van der Waals surface area contributed by atoms with Gasteiger partial charge in [0.2, 0.25) is 11.7 Å². The highest BCUT2D eigenvalue weighted by Gasteiger charge is 2.63. The van der Waals surface area contributed by atoms with Crippen LogP contribution in [0.25, 0.3) is 0 Å². The molecule has 1 saturated heterocycles. The van der Waals surface area contributed by atoms with Crippen LogP contribution in [-0.2, 0) is 20.8 Å². The summed E-state index contributed by atoms with van der Waals surface area (Å²) in [5.41, 5.74) is 2.46. The van der Waals surface area contributed by atoms with Crippen LogP contribution < -0.4 is 16.0 Å². The van der Waals surface area contributed by atoms with E-state index in [1.807, 2.05) is 11.9 Å². The molecule has 226 valence electrons. The van der Waals surface area contributed by atoms with E-state index in [9.17, 15) is 39.6 Å². The van der Waals surface area contributed by atoms with Gasteiger partial charge in [0.15, 0.2) is 17.1 Å². The van der Waals surface area contributed by atoms with E-state index in [1.165, 1.54) is 4.90 Å². The lowest BCUT2D eigenvalue weighted by atomic mass is 9.58. The smallest absolute Gasteiger partial charge is 0.255 e. The molecule has 2 amide bonds. The summed E-state index contributed by atoms with van der Waals surface area (Å²) in [7, 11) is 8.50. The van der Waals surface area contributed by atoms with Gasteiger partial charge in [0.1, 0.15) is 17.1 Å². The van der Waals surface area contributed by atoms with Gasteiger partial charge in [-0.25, -0.2) is 0 Å². The SMILES string of the molecule is CN(C)c1cc(NC(=O)C2CCCN2C)c(O)c2c1C[C@H]1C[C@H]3[C@H](N(C)C)C(O)=C(C(N)=O)C(=O)[C@@]3(O)C(O)=C1C2=O. The van der Waals surface area contributed by atoms with Crippen LogP contribution in [-0.4, -0.2) is 113 Å². The van der Waals surface area contributed by atoms with Crippen LogP contribution >= 0.6 is 0 Å². The van der Waals surface area contributed by atoms with E-state index < -0.39 is 69.8 Å². The number of allylic oxidation sites excluding steroid dienone is 1. The lowest BCUT2D eigenvalue weighted by Gasteiger charge is -2.50. The summed E-state index contributed by atoms with van der Waals surface area (Å²) in [6, 6.07) is 0.136. The summed E-state index contributed by atoms with van der Waals surface area (Å²) in [6.45, 7) is 0.756. The number of Topliss-reactive ketones (excluding diaryl/α,β-unsaturated/α-hetero) is 2. The highest BCUT2D eigenvalue weighted by atomic mass is 16.3. The number of nitrogens with zero attached hydrogens (tertiary/aromatic N) is 3. The van der Waals surface area contributed by atoms with Crippen molar-refractivity contribution in [1.82, 2.24) is 9.80 Å². The van der Waals surface area contributed by atoms with Gasteiger partial charge in [-0.05, 0) is 70.9 Å². The minimum atomic E-state index is -2.72. The number of fused-ring (bicyclic) bond motifs is 3. The minimum Gasteiger partial charge on any atom is -0.510 e. The summed E-state index contributed by atoms with van der Waals surface area (Å²) in [5, 5.41) is 48.3. The van der Waals surface area contributed by atoms with Crippen molar-refractivity contribution in [3.05, 3.63) is 39.9 Å². The molecule has 5 atom stereocenters. The molecule has 0 saturated carbocycles. The van der Waals surface area contributed by atoms with Crippen molar-refractivity contribution in [2.24, 2.45) is 17.6 Å². The lowest BCUT2D eigenvalue weighted by molar-refractivity contribution is -0.148. The van der Waals surface area contributed by atoms with E-state index in [0.717, 1.165) is 13.0 Å². The highest BCUT2D eigenvalue weighted by Crippen LogP contribution is 2.54. The van der Waals surface area contributed by atoms with Gasteiger partial charge in [-0.1, -0.05) is 0 Å². The molecule has 1 unspecified atom stereocenters. The molecule has 1 fully saturated rings. The Morgan fingerprint density at radius 1 is 1.14 bits per heavy atom. The Bertz CT molecular complexity index is 1480. The number of carbonyl (C=O) groups is 4. The molecule has 0 spiro atoms. The molecule has 7 N–H and O–H groups in total. The zero-order valence-corrected chi connectivity index (χ0v) is 24.3. The molecular weight excluding hydrogens is 546 g/mol. The number of ketones is 2. The number of phenolic OH excluding ortho intramolecular Hbond substituents is 1. The van der Waals surface area contributed by atoms with Crippen LogP contribution in [0.3, 0.4) is 0 Å². The highest BCUT2D eigenvalue weighted by molar-refractivity contribution is 6.25. The van der Waals surface area contributed by atoms with Crippen LogP contribution in [0.2, 0.25) is 0 Å². The lowest BCUT2D eigenvalue weighted by Crippen LogP contribution is -2.63. The fraction of sp³-hybridized carbons (Fsp3) is 0.517. The maximum atomic E-state index is 14.1. The average Bonchev–Trinajstić information content (AvgIpc) is 3.33. The number of carbonyl (C=O) groups excluding carboxylic acids is 4. The number of primary amides is 1. The number of nitrogens with one attached hydrogen (secondary N) is 1. The van der Waals surface area contributed by atoms with Gasteiger partial charge in [-0.2, -0.15) is 0 Å². The summed E-state index contributed by atoms with van der Waals surface area (Å²) >= 11 is 0. The largest absolute Gasteiger partial charge is 0.510 e. The summed E-state index contributed by atoms with van der Waals surface area (Å²) in [6.07, 6.45) is 1.64. The molecule has 1 aliphatic heterocycles. The standard InChI is InChI=1S/C29H37N5O8/c1-32(2)17-11-15(31-28(41)16-7-6-8-34(16)5)22(35)19-13(17)9-12-10-14-21(33(3)4)24(37)20(27(30)40)26(39)29(14,42)25(38)18(12)23(19)36/h11-12,14,16,21,35,37-38,42H,6-10H2,1-5H3,(H2,30,40)(H,31,41)/t12-,14-,16?,21-,29-/m0/s1. The van der Waals surface area contributed by atoms with E-state index in [0.29, 0.717) is 17.7 Å². The van der Waals surface area contributed by atoms with Gasteiger partial charge in [-0.15, -0.1) is 0 Å². The van der Waals surface area contributed by atoms with Crippen LogP contribution in [0.4, 0.5) is 11.4 Å². The molecule has 3 aliphatic carbocycles. The van der Waals surface area contributed by atoms with Crippen LogP contribution in [0.15, 0.2) is 28.7 Å². The summed E-state index contributed by atoms with van der Waals surface area (Å²) in [4.78, 5) is 58.0. The number of amides is 2. The van der Waals surface area contributed by atoms with Gasteiger partial charge >= 0.3 is 0 Å². The Morgan fingerprint density at radius 3 is 2.36 bits per heavy atom. The first-order valence-electron chi connectivity index (χ1n) is 13.8. The monoisotopic (exact) mass is 583 g/mol. The molecule has 0 bridgehead atoms. The number of likely N-dealkylation sites (N-methyl/N-ethyl adjacent to an activating group) is 2. The molecule has 5 rings (SSSR count). The first-order chi connectivity index (χ1) is 19.6. The molecule has 1 aromatic rings. The maximum Gasteiger partial charge on any atom is 0.255 e. The number of benzene rings is 1. The number of aliphatic hydroxyl groups excluding tert-OH is 2. The Kier molecular flexibility index (Phi) is 7.11. The molecule has 1 heterocycles. The summed E-state index contributed by atoms with van der Waals surface area (Å²) < 4.78 is 0. The van der Waals surface area contributed by atoms with Crippen molar-refractivity contribution in [2.75, 3.05) is 52.0 Å². The van der Waals surface area contributed by atoms with Gasteiger partial charge < -0.3 is 36.4 Å². The Labute approximate surface area is 242 Å². The van der Waals surface area contributed by atoms with E-state index >= 15 is 0 Å². The second-order valence-electron chi connectivity index (χ2n) is 12.1. The number of rotatable bonds is 5. The zero-order valence-electron chi connectivity index (χ0n) is 24.3. The third-order valence-corrected chi connectivity index (χ3v) is 9.26. The third-order valence-electron chi connectivity index (χ3n) is 9.26. The maximum absolute atomic E-state index is 14.1. The van der Waals surface area contributed by atoms with Crippen molar-refractivity contribution in [3.63, 3.8) is 0 Å². The number of likely N-dealkylation sites (tertiary alicyclic amines) is 1. The average molecular weight is 584 g/mol. The Morgan fingerprint density at radius 2 is 1.81 bits per heavy atom. The second-order valence-corrected chi connectivity index (χ2v) is 12.1. The topological polar surface area (TPSA) is 197 Å². The normalized spacial score (nSPS) is 29.4. The number of aromatic hydroxyl groups is 1. The second kappa shape index (κ2) is 10.1. The number of hydrogen-bond acceptors (Lipinski definition) is 11. The predicted molar refractivity (Wildman–Crippen MR) is 152 cm³/mol. The minimum absolute atomic E-state index is 0.00804. The van der Waals surface area contributed by atoms with Crippen molar-refractivity contribution in [2.45, 2.75) is 43.4 Å². The molecule has 0 radical (unpaired) electrons. The van der Waals surface area contributed by atoms with Gasteiger partial charge in [0.25, 0.3) is 5.91 Å². The molecule has 42 heavy (non-hydrogen) atoms. The predicted octanol–water partition coefficient (Wildman–Crippen LogP) is 0.219. The fourth-order valence-electron chi connectivity index (χ4n) is 7.25. The van der Waals surface area contributed by atoms with Crippen molar-refractivity contribution >= 4 is 34.8 Å². The van der Waals surface area contributed by atoms with Crippen LogP contribution in [0, 0.1) is 11.8 Å².